The second-order valence-electron chi connectivity index (χ2n) is 5.12. The number of carbonyl (C=O) groups excluding carboxylic acids is 1. The molecular formula is C15H20N2O4. The van der Waals surface area contributed by atoms with Gasteiger partial charge in [0.25, 0.3) is 0 Å². The summed E-state index contributed by atoms with van der Waals surface area (Å²) in [6.45, 7) is -0.0705. The largest absolute Gasteiger partial charge is 0.482 e. The maximum atomic E-state index is 11.8. The van der Waals surface area contributed by atoms with Gasteiger partial charge in [-0.1, -0.05) is 12.8 Å². The highest BCUT2D eigenvalue weighted by Crippen LogP contribution is 2.18. The Morgan fingerprint density at radius 3 is 2.48 bits per heavy atom. The molecule has 1 aliphatic carbocycles. The van der Waals surface area contributed by atoms with Crippen molar-refractivity contribution in [1.82, 2.24) is 5.32 Å². The standard InChI is InChI=1S/C15H20N2O4/c18-14(9-16-11-3-1-2-4-11)17-12-5-7-13(8-6-12)21-10-15(19)20/h5-8,11,16H,1-4,9-10H2,(H,17,18)(H,19,20). The number of hydrogen-bond donors (Lipinski definition) is 3. The van der Waals surface area contributed by atoms with E-state index in [0.717, 1.165) is 12.8 Å². The third-order valence-electron chi connectivity index (χ3n) is 3.41. The minimum absolute atomic E-state index is 0.0823. The molecule has 1 saturated carbocycles. The Labute approximate surface area is 123 Å². The molecule has 0 aliphatic heterocycles. The number of hydrogen-bond acceptors (Lipinski definition) is 4. The molecule has 3 N–H and O–H groups in total. The van der Waals surface area contributed by atoms with Crippen molar-refractivity contribution in [3.05, 3.63) is 24.3 Å². The van der Waals surface area contributed by atoms with Crippen LogP contribution in [0.2, 0.25) is 0 Å². The third-order valence-corrected chi connectivity index (χ3v) is 3.41. The molecule has 0 saturated heterocycles. The summed E-state index contributed by atoms with van der Waals surface area (Å²) in [4.78, 5) is 22.2. The molecule has 6 nitrogen and oxygen atoms in total. The molecule has 1 aliphatic rings. The maximum absolute atomic E-state index is 11.8. The number of carboxylic acid groups (broad SMARTS) is 1. The third kappa shape index (κ3) is 5.43. The van der Waals surface area contributed by atoms with E-state index in [0.29, 0.717) is 24.0 Å². The summed E-state index contributed by atoms with van der Waals surface area (Å²) in [5, 5.41) is 14.5. The van der Waals surface area contributed by atoms with Gasteiger partial charge in [0.2, 0.25) is 5.91 Å². The predicted molar refractivity (Wildman–Crippen MR) is 78.5 cm³/mol. The van der Waals surface area contributed by atoms with Crippen LogP contribution in [0.4, 0.5) is 5.69 Å². The molecular weight excluding hydrogens is 272 g/mol. The zero-order chi connectivity index (χ0) is 15.1. The van der Waals surface area contributed by atoms with E-state index < -0.39 is 5.97 Å². The molecule has 1 aromatic rings. The monoisotopic (exact) mass is 292 g/mol. The zero-order valence-electron chi connectivity index (χ0n) is 11.8. The van der Waals surface area contributed by atoms with Crippen molar-refractivity contribution < 1.29 is 19.4 Å². The fraction of sp³-hybridized carbons (Fsp3) is 0.467. The van der Waals surface area contributed by atoms with Gasteiger partial charge in [-0.25, -0.2) is 4.79 Å². The summed E-state index contributed by atoms with van der Waals surface area (Å²) in [6, 6.07) is 7.09. The van der Waals surface area contributed by atoms with Gasteiger partial charge in [-0.2, -0.15) is 0 Å². The molecule has 1 amide bonds. The predicted octanol–water partition coefficient (Wildman–Crippen LogP) is 1.62. The lowest BCUT2D eigenvalue weighted by Crippen LogP contribution is -2.34. The summed E-state index contributed by atoms with van der Waals surface area (Å²) >= 11 is 0. The van der Waals surface area contributed by atoms with E-state index in [1.165, 1.54) is 12.8 Å². The van der Waals surface area contributed by atoms with Gasteiger partial charge >= 0.3 is 5.97 Å². The molecule has 0 bridgehead atoms. The van der Waals surface area contributed by atoms with Crippen molar-refractivity contribution in [1.29, 1.82) is 0 Å². The van der Waals surface area contributed by atoms with Gasteiger partial charge in [0.1, 0.15) is 5.75 Å². The van der Waals surface area contributed by atoms with Crippen LogP contribution in [0.15, 0.2) is 24.3 Å². The average Bonchev–Trinajstić information content (AvgIpc) is 2.98. The fourth-order valence-electron chi connectivity index (χ4n) is 2.35. The Bertz CT molecular complexity index is 481. The minimum Gasteiger partial charge on any atom is -0.482 e. The molecule has 0 unspecified atom stereocenters. The highest BCUT2D eigenvalue weighted by molar-refractivity contribution is 5.92. The van der Waals surface area contributed by atoms with Crippen LogP contribution >= 0.6 is 0 Å². The second kappa shape index (κ2) is 7.64. The summed E-state index contributed by atoms with van der Waals surface area (Å²) in [6.07, 6.45) is 4.75. The summed E-state index contributed by atoms with van der Waals surface area (Å²) in [5.41, 5.74) is 0.663. The molecule has 1 fully saturated rings. The molecule has 6 heteroatoms. The fourth-order valence-corrected chi connectivity index (χ4v) is 2.35. The Morgan fingerprint density at radius 1 is 1.19 bits per heavy atom. The number of anilines is 1. The summed E-state index contributed by atoms with van der Waals surface area (Å²) in [5.74, 6) is -0.647. The van der Waals surface area contributed by atoms with Crippen molar-refractivity contribution >= 4 is 17.6 Å². The molecule has 0 radical (unpaired) electrons. The van der Waals surface area contributed by atoms with E-state index in [2.05, 4.69) is 10.6 Å². The number of amides is 1. The molecule has 0 heterocycles. The van der Waals surface area contributed by atoms with Gasteiger partial charge in [0, 0.05) is 11.7 Å². The first-order valence-corrected chi connectivity index (χ1v) is 7.11. The van der Waals surface area contributed by atoms with Crippen LogP contribution in [0.1, 0.15) is 25.7 Å². The van der Waals surface area contributed by atoms with Crippen LogP contribution < -0.4 is 15.4 Å². The molecule has 0 atom stereocenters. The molecule has 0 aromatic heterocycles. The van der Waals surface area contributed by atoms with E-state index in [-0.39, 0.29) is 12.5 Å². The van der Waals surface area contributed by atoms with Crippen LogP contribution in [0, 0.1) is 0 Å². The number of ether oxygens (including phenoxy) is 1. The highest BCUT2D eigenvalue weighted by atomic mass is 16.5. The molecule has 1 aromatic carbocycles. The number of aliphatic carboxylic acids is 1. The van der Waals surface area contributed by atoms with Crippen LogP contribution in [-0.2, 0) is 9.59 Å². The Morgan fingerprint density at radius 2 is 1.86 bits per heavy atom. The van der Waals surface area contributed by atoms with Crippen LogP contribution in [0.5, 0.6) is 5.75 Å². The zero-order valence-corrected chi connectivity index (χ0v) is 11.8. The number of rotatable bonds is 7. The lowest BCUT2D eigenvalue weighted by molar-refractivity contribution is -0.139. The van der Waals surface area contributed by atoms with Crippen molar-refractivity contribution in [2.24, 2.45) is 0 Å². The molecule has 2 rings (SSSR count). The normalized spacial score (nSPS) is 14.9. The van der Waals surface area contributed by atoms with E-state index in [9.17, 15) is 9.59 Å². The van der Waals surface area contributed by atoms with E-state index >= 15 is 0 Å². The first-order valence-electron chi connectivity index (χ1n) is 7.11. The van der Waals surface area contributed by atoms with Crippen molar-refractivity contribution in [2.45, 2.75) is 31.7 Å². The SMILES string of the molecule is O=C(O)COc1ccc(NC(=O)CNC2CCCC2)cc1. The number of nitrogens with one attached hydrogen (secondary N) is 2. The number of carbonyl (C=O) groups is 2. The molecule has 21 heavy (non-hydrogen) atoms. The average molecular weight is 292 g/mol. The van der Waals surface area contributed by atoms with Gasteiger partial charge in [0.05, 0.1) is 6.54 Å². The van der Waals surface area contributed by atoms with Gasteiger partial charge in [-0.15, -0.1) is 0 Å². The number of benzene rings is 1. The Hall–Kier alpha value is -2.08. The quantitative estimate of drug-likeness (QED) is 0.711. The van der Waals surface area contributed by atoms with Crippen LogP contribution in [-0.4, -0.2) is 36.2 Å². The summed E-state index contributed by atoms with van der Waals surface area (Å²) in [7, 11) is 0. The first-order chi connectivity index (χ1) is 10.1. The second-order valence-corrected chi connectivity index (χ2v) is 5.12. The van der Waals surface area contributed by atoms with Gasteiger partial charge in [0.15, 0.2) is 6.61 Å². The van der Waals surface area contributed by atoms with Crippen molar-refractivity contribution in [3.8, 4) is 5.75 Å². The smallest absolute Gasteiger partial charge is 0.341 e. The topological polar surface area (TPSA) is 87.7 Å². The van der Waals surface area contributed by atoms with E-state index in [1.807, 2.05) is 0 Å². The number of carboxylic acids is 1. The highest BCUT2D eigenvalue weighted by Gasteiger charge is 2.15. The van der Waals surface area contributed by atoms with Crippen LogP contribution in [0.3, 0.4) is 0 Å². The lowest BCUT2D eigenvalue weighted by Gasteiger charge is -2.12. The lowest BCUT2D eigenvalue weighted by atomic mass is 10.2. The van der Waals surface area contributed by atoms with Crippen molar-refractivity contribution in [2.75, 3.05) is 18.5 Å². The van der Waals surface area contributed by atoms with Gasteiger partial charge in [-0.05, 0) is 37.1 Å². The Kier molecular flexibility index (Phi) is 5.57. The Balaban J connectivity index is 1.73. The van der Waals surface area contributed by atoms with Gasteiger partial charge < -0.3 is 20.5 Å². The summed E-state index contributed by atoms with van der Waals surface area (Å²) < 4.78 is 5.02. The molecule has 0 spiro atoms. The van der Waals surface area contributed by atoms with E-state index in [1.54, 1.807) is 24.3 Å². The molecule has 114 valence electrons. The van der Waals surface area contributed by atoms with Crippen LogP contribution in [0.25, 0.3) is 0 Å². The van der Waals surface area contributed by atoms with E-state index in [4.69, 9.17) is 9.84 Å². The van der Waals surface area contributed by atoms with Crippen molar-refractivity contribution in [3.63, 3.8) is 0 Å². The maximum Gasteiger partial charge on any atom is 0.341 e. The first kappa shape index (κ1) is 15.3. The minimum atomic E-state index is -1.02. The van der Waals surface area contributed by atoms with Gasteiger partial charge in [-0.3, -0.25) is 4.79 Å².